The van der Waals surface area contributed by atoms with Crippen molar-refractivity contribution >= 4 is 0 Å². The van der Waals surface area contributed by atoms with Crippen LogP contribution in [-0.2, 0) is 10.3 Å². The van der Waals surface area contributed by atoms with E-state index >= 15 is 0 Å². The molecule has 0 saturated carbocycles. The average Bonchev–Trinajstić information content (AvgIpc) is 2.27. The highest BCUT2D eigenvalue weighted by Gasteiger charge is 2.34. The molecule has 1 rings (SSSR count). The fourth-order valence-electron chi connectivity index (χ4n) is 1.51. The summed E-state index contributed by atoms with van der Waals surface area (Å²) >= 11 is 0. The molecule has 3 nitrogen and oxygen atoms in total. The Morgan fingerprint density at radius 3 is 2.50 bits per heavy atom. The van der Waals surface area contributed by atoms with Crippen molar-refractivity contribution in [3.05, 3.63) is 29.6 Å². The first-order valence-electron chi connectivity index (χ1n) is 5.03. The normalized spacial score (nSPS) is 16.6. The number of hydrogen-bond acceptors (Lipinski definition) is 3. The zero-order valence-electron chi connectivity index (χ0n) is 9.95. The summed E-state index contributed by atoms with van der Waals surface area (Å²) in [6.07, 6.45) is -0.519. The molecule has 0 amide bonds. The minimum absolute atomic E-state index is 0.112. The number of halogens is 1. The van der Waals surface area contributed by atoms with Crippen LogP contribution in [-0.4, -0.2) is 25.4 Å². The second kappa shape index (κ2) is 4.80. The molecule has 90 valence electrons. The number of ether oxygens (including phenoxy) is 2. The summed E-state index contributed by atoms with van der Waals surface area (Å²) in [6, 6.07) is 4.66. The molecule has 0 aromatic heterocycles. The molecule has 1 aromatic rings. The van der Waals surface area contributed by atoms with E-state index < -0.39 is 17.5 Å². The number of rotatable bonds is 4. The largest absolute Gasteiger partial charge is 0.494 e. The lowest BCUT2D eigenvalue weighted by Crippen LogP contribution is -2.36. The lowest BCUT2D eigenvalue weighted by molar-refractivity contribution is -0.0792. The van der Waals surface area contributed by atoms with Crippen LogP contribution in [0.1, 0.15) is 19.4 Å². The smallest absolute Gasteiger partial charge is 0.171 e. The third-order valence-corrected chi connectivity index (χ3v) is 2.87. The molecule has 0 aliphatic heterocycles. The van der Waals surface area contributed by atoms with Gasteiger partial charge in [-0.1, -0.05) is 12.1 Å². The minimum Gasteiger partial charge on any atom is -0.494 e. The van der Waals surface area contributed by atoms with Gasteiger partial charge in [0.15, 0.2) is 11.6 Å². The van der Waals surface area contributed by atoms with Crippen molar-refractivity contribution in [3.8, 4) is 5.75 Å². The molecule has 2 unspecified atom stereocenters. The van der Waals surface area contributed by atoms with Crippen LogP contribution < -0.4 is 4.74 Å². The van der Waals surface area contributed by atoms with Gasteiger partial charge in [-0.05, 0) is 19.9 Å². The Labute approximate surface area is 94.8 Å². The number of hydrogen-bond donors (Lipinski definition) is 1. The van der Waals surface area contributed by atoms with E-state index in [0.717, 1.165) is 0 Å². The molecule has 0 saturated heterocycles. The Morgan fingerprint density at radius 2 is 2.00 bits per heavy atom. The molecule has 0 aliphatic carbocycles. The highest BCUT2D eigenvalue weighted by molar-refractivity contribution is 5.35. The van der Waals surface area contributed by atoms with Gasteiger partial charge < -0.3 is 14.6 Å². The van der Waals surface area contributed by atoms with Gasteiger partial charge in [0.2, 0.25) is 0 Å². The van der Waals surface area contributed by atoms with E-state index in [2.05, 4.69) is 0 Å². The first kappa shape index (κ1) is 12.9. The minimum atomic E-state index is -1.40. The van der Waals surface area contributed by atoms with Crippen LogP contribution in [0.15, 0.2) is 18.2 Å². The molecule has 2 atom stereocenters. The summed E-state index contributed by atoms with van der Waals surface area (Å²) in [4.78, 5) is 0. The molecule has 0 radical (unpaired) electrons. The first-order valence-corrected chi connectivity index (χ1v) is 5.03. The van der Waals surface area contributed by atoms with Crippen LogP contribution in [0.25, 0.3) is 0 Å². The van der Waals surface area contributed by atoms with Crippen LogP contribution in [0.4, 0.5) is 4.39 Å². The highest BCUT2D eigenvalue weighted by atomic mass is 19.1. The van der Waals surface area contributed by atoms with Crippen molar-refractivity contribution in [2.24, 2.45) is 0 Å². The van der Waals surface area contributed by atoms with Gasteiger partial charge in [-0.2, -0.15) is 0 Å². The average molecular weight is 228 g/mol. The molecular formula is C12H17FO3. The Balaban J connectivity index is 3.22. The number of methoxy groups -OCH3 is 2. The van der Waals surface area contributed by atoms with Crippen molar-refractivity contribution in [1.29, 1.82) is 0 Å². The molecule has 0 spiro atoms. The van der Waals surface area contributed by atoms with E-state index in [1.54, 1.807) is 13.0 Å². The van der Waals surface area contributed by atoms with E-state index in [1.807, 2.05) is 0 Å². The monoisotopic (exact) mass is 228 g/mol. The van der Waals surface area contributed by atoms with Crippen LogP contribution >= 0.6 is 0 Å². The Morgan fingerprint density at radius 1 is 1.38 bits per heavy atom. The molecule has 1 aromatic carbocycles. The zero-order chi connectivity index (χ0) is 12.3. The third-order valence-electron chi connectivity index (χ3n) is 2.87. The van der Waals surface area contributed by atoms with Crippen LogP contribution in [0, 0.1) is 5.82 Å². The molecule has 1 N–H and O–H groups in total. The predicted molar refractivity (Wildman–Crippen MR) is 59.0 cm³/mol. The molecule has 0 heterocycles. The number of aliphatic hydroxyl groups is 1. The Bertz CT molecular complexity index is 363. The molecular weight excluding hydrogens is 211 g/mol. The van der Waals surface area contributed by atoms with Crippen LogP contribution in [0.2, 0.25) is 0 Å². The van der Waals surface area contributed by atoms with E-state index in [9.17, 15) is 9.50 Å². The predicted octanol–water partition coefficient (Wildman–Crippen LogP) is 2.08. The quantitative estimate of drug-likeness (QED) is 0.857. The van der Waals surface area contributed by atoms with Gasteiger partial charge in [-0.25, -0.2) is 4.39 Å². The maximum Gasteiger partial charge on any atom is 0.171 e. The highest BCUT2D eigenvalue weighted by Crippen LogP contribution is 2.32. The molecule has 16 heavy (non-hydrogen) atoms. The second-order valence-electron chi connectivity index (χ2n) is 3.85. The standard InChI is InChI=1S/C12H17FO3/c1-8(15-3)12(2,14)9-6-5-7-10(16-4)11(9)13/h5-8,14H,1-4H3. The van der Waals surface area contributed by atoms with Crippen molar-refractivity contribution in [2.45, 2.75) is 25.6 Å². The Hall–Kier alpha value is -1.13. The van der Waals surface area contributed by atoms with Crippen molar-refractivity contribution < 1.29 is 19.0 Å². The first-order chi connectivity index (χ1) is 7.45. The summed E-state index contributed by atoms with van der Waals surface area (Å²) in [7, 11) is 2.86. The maximum atomic E-state index is 13.9. The summed E-state index contributed by atoms with van der Waals surface area (Å²) < 4.78 is 23.8. The molecule has 0 fully saturated rings. The topological polar surface area (TPSA) is 38.7 Å². The second-order valence-corrected chi connectivity index (χ2v) is 3.85. The maximum absolute atomic E-state index is 13.9. The van der Waals surface area contributed by atoms with Gasteiger partial charge in [0.05, 0.1) is 13.2 Å². The van der Waals surface area contributed by atoms with Crippen LogP contribution in [0.3, 0.4) is 0 Å². The lowest BCUT2D eigenvalue weighted by atomic mass is 9.90. The van der Waals surface area contributed by atoms with E-state index in [0.29, 0.717) is 0 Å². The van der Waals surface area contributed by atoms with Crippen molar-refractivity contribution in [3.63, 3.8) is 0 Å². The van der Waals surface area contributed by atoms with Crippen molar-refractivity contribution in [2.75, 3.05) is 14.2 Å². The Kier molecular flexibility index (Phi) is 3.88. The molecule has 0 bridgehead atoms. The summed E-state index contributed by atoms with van der Waals surface area (Å²) in [5.74, 6) is -0.444. The van der Waals surface area contributed by atoms with Gasteiger partial charge >= 0.3 is 0 Å². The van der Waals surface area contributed by atoms with E-state index in [1.165, 1.54) is 33.3 Å². The van der Waals surface area contributed by atoms with Gasteiger partial charge in [-0.3, -0.25) is 0 Å². The third kappa shape index (κ3) is 2.18. The summed E-state index contributed by atoms with van der Waals surface area (Å²) in [5.41, 5.74) is -1.23. The van der Waals surface area contributed by atoms with E-state index in [4.69, 9.17) is 9.47 Å². The van der Waals surface area contributed by atoms with Crippen molar-refractivity contribution in [1.82, 2.24) is 0 Å². The fourth-order valence-corrected chi connectivity index (χ4v) is 1.51. The lowest BCUT2D eigenvalue weighted by Gasteiger charge is -2.30. The van der Waals surface area contributed by atoms with Crippen LogP contribution in [0.5, 0.6) is 5.75 Å². The molecule has 0 aliphatic rings. The van der Waals surface area contributed by atoms with E-state index in [-0.39, 0.29) is 11.3 Å². The summed E-state index contributed by atoms with van der Waals surface area (Å²) in [6.45, 7) is 3.19. The summed E-state index contributed by atoms with van der Waals surface area (Å²) in [5, 5.41) is 10.2. The molecule has 4 heteroatoms. The SMILES string of the molecule is COc1cccc(C(C)(O)C(C)OC)c1F. The van der Waals surface area contributed by atoms with Gasteiger partial charge in [0, 0.05) is 12.7 Å². The fraction of sp³-hybridized carbons (Fsp3) is 0.500. The number of benzene rings is 1. The zero-order valence-corrected chi connectivity index (χ0v) is 9.95. The van der Waals surface area contributed by atoms with Gasteiger partial charge in [0.25, 0.3) is 0 Å². The van der Waals surface area contributed by atoms with Gasteiger partial charge in [-0.15, -0.1) is 0 Å². The van der Waals surface area contributed by atoms with Gasteiger partial charge in [0.1, 0.15) is 5.60 Å².